The van der Waals surface area contributed by atoms with Gasteiger partial charge in [0.2, 0.25) is 5.91 Å². The molecule has 3 amide bonds. The van der Waals surface area contributed by atoms with E-state index in [2.05, 4.69) is 0 Å². The SMILES string of the molecule is C[C@@H]1CN(CC(=O)N2CC(C)(C)c3ncc(Cc4ccc(F)cc4F)cc32)[C@@H](CN2Cc3cc(O)ccc3C2=O)CN1C(=O)OC(C)(C)C. The second-order valence-corrected chi connectivity index (χ2v) is 15.1. The lowest BCUT2D eigenvalue weighted by Gasteiger charge is -2.46. The molecule has 49 heavy (non-hydrogen) atoms. The van der Waals surface area contributed by atoms with Gasteiger partial charge in [0.05, 0.1) is 17.9 Å². The Bertz CT molecular complexity index is 1810. The van der Waals surface area contributed by atoms with Crippen LogP contribution in [0.25, 0.3) is 0 Å². The van der Waals surface area contributed by atoms with Crippen LogP contribution in [-0.2, 0) is 27.9 Å². The van der Waals surface area contributed by atoms with Crippen molar-refractivity contribution >= 4 is 23.6 Å². The molecule has 12 heteroatoms. The van der Waals surface area contributed by atoms with Gasteiger partial charge in [-0.25, -0.2) is 13.6 Å². The van der Waals surface area contributed by atoms with E-state index in [4.69, 9.17) is 9.72 Å². The Hall–Kier alpha value is -4.58. The number of fused-ring (bicyclic) bond motifs is 2. The first-order chi connectivity index (χ1) is 23.0. The van der Waals surface area contributed by atoms with Gasteiger partial charge in [0.1, 0.15) is 23.0 Å². The van der Waals surface area contributed by atoms with Crippen molar-refractivity contribution in [2.24, 2.45) is 0 Å². The Morgan fingerprint density at radius 3 is 2.55 bits per heavy atom. The van der Waals surface area contributed by atoms with Crippen LogP contribution in [0.4, 0.5) is 19.3 Å². The van der Waals surface area contributed by atoms with Crippen molar-refractivity contribution in [2.75, 3.05) is 37.6 Å². The number of hydrogen-bond donors (Lipinski definition) is 1. The molecule has 0 bridgehead atoms. The normalized spacial score (nSPS) is 20.4. The number of pyridine rings is 1. The predicted octanol–water partition coefficient (Wildman–Crippen LogP) is 5.25. The molecule has 1 fully saturated rings. The minimum Gasteiger partial charge on any atom is -0.508 e. The van der Waals surface area contributed by atoms with E-state index in [9.17, 15) is 28.3 Å². The summed E-state index contributed by atoms with van der Waals surface area (Å²) in [7, 11) is 0. The maximum atomic E-state index is 14.5. The minimum atomic E-state index is -0.695. The van der Waals surface area contributed by atoms with Gasteiger partial charge in [-0.15, -0.1) is 0 Å². The van der Waals surface area contributed by atoms with Crippen LogP contribution in [0.2, 0.25) is 0 Å². The second-order valence-electron chi connectivity index (χ2n) is 15.1. The number of ether oxygens (including phenoxy) is 1. The zero-order valence-electron chi connectivity index (χ0n) is 28.8. The molecule has 10 nitrogen and oxygen atoms in total. The van der Waals surface area contributed by atoms with Crippen molar-refractivity contribution in [1.29, 1.82) is 0 Å². The number of piperazine rings is 1. The number of rotatable bonds is 6. The largest absolute Gasteiger partial charge is 0.508 e. The highest BCUT2D eigenvalue weighted by molar-refractivity contribution is 5.99. The number of anilines is 1. The summed E-state index contributed by atoms with van der Waals surface area (Å²) in [6.07, 6.45) is 1.41. The zero-order valence-corrected chi connectivity index (χ0v) is 28.8. The van der Waals surface area contributed by atoms with Gasteiger partial charge in [0.25, 0.3) is 5.91 Å². The van der Waals surface area contributed by atoms with E-state index in [1.165, 1.54) is 18.2 Å². The molecule has 1 aromatic heterocycles. The summed E-state index contributed by atoms with van der Waals surface area (Å²) in [6, 6.07) is 9.37. The van der Waals surface area contributed by atoms with Crippen LogP contribution in [0, 0.1) is 11.6 Å². The van der Waals surface area contributed by atoms with Crippen LogP contribution in [0.1, 0.15) is 74.3 Å². The van der Waals surface area contributed by atoms with E-state index in [1.54, 1.807) is 33.0 Å². The van der Waals surface area contributed by atoms with Gasteiger partial charge in [-0.1, -0.05) is 19.9 Å². The summed E-state index contributed by atoms with van der Waals surface area (Å²) in [4.78, 5) is 52.7. The van der Waals surface area contributed by atoms with Crippen molar-refractivity contribution in [3.63, 3.8) is 0 Å². The highest BCUT2D eigenvalue weighted by Gasteiger charge is 2.43. The lowest BCUT2D eigenvalue weighted by atomic mass is 9.91. The Labute approximate surface area is 285 Å². The van der Waals surface area contributed by atoms with Crippen LogP contribution in [-0.4, -0.2) is 93.1 Å². The number of hydrogen-bond acceptors (Lipinski definition) is 7. The van der Waals surface area contributed by atoms with Crippen LogP contribution >= 0.6 is 0 Å². The lowest BCUT2D eigenvalue weighted by Crippen LogP contribution is -2.63. The third-order valence-corrected chi connectivity index (χ3v) is 9.44. The van der Waals surface area contributed by atoms with E-state index in [0.29, 0.717) is 42.0 Å². The summed E-state index contributed by atoms with van der Waals surface area (Å²) in [6.45, 7) is 13.0. The van der Waals surface area contributed by atoms with Gasteiger partial charge in [-0.05, 0) is 74.7 Å². The average molecular weight is 676 g/mol. The van der Waals surface area contributed by atoms with Crippen LogP contribution < -0.4 is 4.90 Å². The smallest absolute Gasteiger partial charge is 0.410 e. The van der Waals surface area contributed by atoms with Gasteiger partial charge >= 0.3 is 6.09 Å². The zero-order chi connectivity index (χ0) is 35.4. The molecule has 2 atom stereocenters. The van der Waals surface area contributed by atoms with Gasteiger partial charge in [-0.3, -0.25) is 19.5 Å². The molecule has 3 aliphatic rings. The first-order valence-electron chi connectivity index (χ1n) is 16.6. The first kappa shape index (κ1) is 34.3. The van der Waals surface area contributed by atoms with Crippen LogP contribution in [0.5, 0.6) is 5.75 Å². The number of amides is 3. The predicted molar refractivity (Wildman–Crippen MR) is 179 cm³/mol. The lowest BCUT2D eigenvalue weighted by molar-refractivity contribution is -0.121. The molecule has 260 valence electrons. The molecule has 0 aliphatic carbocycles. The molecule has 4 heterocycles. The van der Waals surface area contributed by atoms with Gasteiger partial charge in [0.15, 0.2) is 0 Å². The summed E-state index contributed by atoms with van der Waals surface area (Å²) < 4.78 is 33.7. The molecular formula is C37H43F2N5O5. The molecule has 6 rings (SSSR count). The van der Waals surface area contributed by atoms with Gasteiger partial charge in [-0.2, -0.15) is 0 Å². The van der Waals surface area contributed by atoms with E-state index < -0.39 is 28.7 Å². The first-order valence-corrected chi connectivity index (χ1v) is 16.6. The van der Waals surface area contributed by atoms with Crippen LogP contribution in [0.15, 0.2) is 48.7 Å². The fourth-order valence-electron chi connectivity index (χ4n) is 7.06. The Balaban J connectivity index is 1.25. The van der Waals surface area contributed by atoms with Crippen molar-refractivity contribution < 1.29 is 33.0 Å². The summed E-state index contributed by atoms with van der Waals surface area (Å²) in [5.41, 5.74) is 2.53. The van der Waals surface area contributed by atoms with E-state index >= 15 is 0 Å². The number of benzene rings is 2. The van der Waals surface area contributed by atoms with E-state index in [-0.39, 0.29) is 55.7 Å². The Kier molecular flexibility index (Phi) is 8.89. The summed E-state index contributed by atoms with van der Waals surface area (Å²) >= 11 is 0. The van der Waals surface area contributed by atoms with Gasteiger partial charge in [0, 0.05) is 74.5 Å². The van der Waals surface area contributed by atoms with Crippen molar-refractivity contribution in [3.8, 4) is 5.75 Å². The molecule has 0 saturated carbocycles. The molecule has 2 aromatic carbocycles. The summed E-state index contributed by atoms with van der Waals surface area (Å²) in [5, 5.41) is 10.00. The molecule has 1 N–H and O–H groups in total. The fraction of sp³-hybridized carbons (Fsp3) is 0.459. The highest BCUT2D eigenvalue weighted by atomic mass is 19.1. The number of halogens is 2. The Morgan fingerprint density at radius 2 is 1.84 bits per heavy atom. The van der Waals surface area contributed by atoms with Crippen LogP contribution in [0.3, 0.4) is 0 Å². The average Bonchev–Trinajstić information content (AvgIpc) is 3.45. The topological polar surface area (TPSA) is 107 Å². The fourth-order valence-corrected chi connectivity index (χ4v) is 7.06. The monoisotopic (exact) mass is 675 g/mol. The van der Waals surface area contributed by atoms with E-state index in [0.717, 1.165) is 17.3 Å². The molecule has 0 spiro atoms. The number of carbonyl (C=O) groups excluding carboxylic acids is 3. The number of phenols is 1. The molecule has 0 radical (unpaired) electrons. The van der Waals surface area contributed by atoms with Crippen molar-refractivity contribution in [1.82, 2.24) is 19.7 Å². The highest BCUT2D eigenvalue weighted by Crippen LogP contribution is 2.40. The molecule has 3 aromatic rings. The van der Waals surface area contributed by atoms with E-state index in [1.807, 2.05) is 52.5 Å². The Morgan fingerprint density at radius 1 is 1.08 bits per heavy atom. The third kappa shape index (κ3) is 7.10. The number of phenolic OH excluding ortho intramolecular Hbond substituents is 1. The molecule has 1 saturated heterocycles. The number of nitrogens with zero attached hydrogens (tertiary/aromatic N) is 5. The second kappa shape index (κ2) is 12.7. The quantitative estimate of drug-likeness (QED) is 0.381. The maximum absolute atomic E-state index is 14.5. The number of carbonyl (C=O) groups is 3. The summed E-state index contributed by atoms with van der Waals surface area (Å²) in [5.74, 6) is -1.55. The van der Waals surface area contributed by atoms with Crippen molar-refractivity contribution in [2.45, 2.75) is 77.6 Å². The molecular weight excluding hydrogens is 632 g/mol. The van der Waals surface area contributed by atoms with Crippen molar-refractivity contribution in [3.05, 3.63) is 88.2 Å². The minimum absolute atomic E-state index is 0.0271. The molecule has 0 unspecified atom stereocenters. The standard InChI is InChI=1S/C37H43F2N5O5/c1-22-16-41(27(19-43(22)35(48)49-36(2,3)4)18-42-17-25-13-28(45)9-10-29(25)34(42)47)20-32(46)44-21-37(5,6)33-31(44)12-23(15-40-33)11-24-7-8-26(38)14-30(24)39/h7-10,12-15,22,27,45H,11,16-21H2,1-6H3/t22-,27+/m1/s1. The third-order valence-electron chi connectivity index (χ3n) is 9.44. The number of aromatic nitrogens is 1. The molecule has 3 aliphatic heterocycles. The number of aromatic hydroxyl groups is 1. The maximum Gasteiger partial charge on any atom is 0.410 e. The van der Waals surface area contributed by atoms with Gasteiger partial charge < -0.3 is 24.5 Å².